The van der Waals surface area contributed by atoms with Gasteiger partial charge in [-0.2, -0.15) is 0 Å². The van der Waals surface area contributed by atoms with Crippen LogP contribution in [0.1, 0.15) is 25.0 Å². The summed E-state index contributed by atoms with van der Waals surface area (Å²) < 4.78 is 7.00. The van der Waals surface area contributed by atoms with Gasteiger partial charge < -0.3 is 10.1 Å². The summed E-state index contributed by atoms with van der Waals surface area (Å²) in [4.78, 5) is 0. The lowest BCUT2D eigenvalue weighted by Gasteiger charge is -2.15. The summed E-state index contributed by atoms with van der Waals surface area (Å²) in [6.45, 7) is 6.43. The Morgan fingerprint density at radius 1 is 1.13 bits per heavy atom. The van der Waals surface area contributed by atoms with E-state index in [1.165, 1.54) is 0 Å². The number of hydrogen-bond acceptors (Lipinski definition) is 2. The molecule has 2 rings (SSSR count). The van der Waals surface area contributed by atoms with Crippen molar-refractivity contribution < 1.29 is 4.74 Å². The van der Waals surface area contributed by atoms with E-state index in [2.05, 4.69) is 41.2 Å². The van der Waals surface area contributed by atoms with Crippen molar-refractivity contribution in [3.05, 3.63) is 62.0 Å². The Balaban J connectivity index is 2.10. The Hall–Kier alpha value is -0.740. The van der Waals surface area contributed by atoms with Gasteiger partial charge in [0.25, 0.3) is 0 Å². The molecular weight excluding hydrogens is 397 g/mol. The van der Waals surface area contributed by atoms with Crippen molar-refractivity contribution >= 4 is 39.1 Å². The molecule has 0 radical (unpaired) electrons. The molecule has 0 aliphatic carbocycles. The number of benzene rings is 2. The van der Waals surface area contributed by atoms with Crippen molar-refractivity contribution in [2.24, 2.45) is 5.92 Å². The fourth-order valence-electron chi connectivity index (χ4n) is 2.14. The van der Waals surface area contributed by atoms with Crippen LogP contribution >= 0.6 is 39.1 Å². The maximum atomic E-state index is 6.19. The first-order valence-corrected chi connectivity index (χ1v) is 9.07. The van der Waals surface area contributed by atoms with Gasteiger partial charge in [-0.1, -0.05) is 59.0 Å². The van der Waals surface area contributed by atoms with Crippen molar-refractivity contribution in [1.29, 1.82) is 0 Å². The molecule has 124 valence electrons. The molecule has 0 amide bonds. The number of halogens is 3. The smallest absolute Gasteiger partial charge is 0.124 e. The minimum absolute atomic E-state index is 0.345. The Bertz CT molecular complexity index is 641. The quantitative estimate of drug-likeness (QED) is 0.590. The van der Waals surface area contributed by atoms with Crippen LogP contribution in [0.25, 0.3) is 0 Å². The minimum Gasteiger partial charge on any atom is -0.488 e. The van der Waals surface area contributed by atoms with E-state index in [4.69, 9.17) is 27.9 Å². The fraction of sp³-hybridized carbons (Fsp3) is 0.333. The van der Waals surface area contributed by atoms with Gasteiger partial charge >= 0.3 is 0 Å². The number of hydrogen-bond donors (Lipinski definition) is 1. The molecular formula is C18H20BrCl2NO. The SMILES string of the molecule is CC(C)CNCc1cc(Br)ccc1OCc1c(Cl)cccc1Cl. The average molecular weight is 417 g/mol. The summed E-state index contributed by atoms with van der Waals surface area (Å²) in [7, 11) is 0. The first kappa shape index (κ1) is 18.6. The van der Waals surface area contributed by atoms with Crippen LogP contribution in [0.5, 0.6) is 5.75 Å². The molecule has 0 aliphatic heterocycles. The van der Waals surface area contributed by atoms with Crippen molar-refractivity contribution in [3.8, 4) is 5.75 Å². The molecule has 2 aromatic rings. The van der Waals surface area contributed by atoms with Crippen molar-refractivity contribution in [1.82, 2.24) is 5.32 Å². The standard InChI is InChI=1S/C18H20BrCl2NO/c1-12(2)9-22-10-13-8-14(19)6-7-18(13)23-11-15-16(20)4-3-5-17(15)21/h3-8,12,22H,9-11H2,1-2H3. The zero-order chi connectivity index (χ0) is 16.8. The van der Waals surface area contributed by atoms with E-state index in [1.54, 1.807) is 0 Å². The Kier molecular flexibility index (Phi) is 7.22. The van der Waals surface area contributed by atoms with E-state index >= 15 is 0 Å². The van der Waals surface area contributed by atoms with Crippen LogP contribution in [0, 0.1) is 5.92 Å². The zero-order valence-corrected chi connectivity index (χ0v) is 16.3. The fourth-order valence-corrected chi connectivity index (χ4v) is 3.06. The number of ether oxygens (including phenoxy) is 1. The minimum atomic E-state index is 0.345. The van der Waals surface area contributed by atoms with E-state index < -0.39 is 0 Å². The highest BCUT2D eigenvalue weighted by molar-refractivity contribution is 9.10. The largest absolute Gasteiger partial charge is 0.488 e. The number of rotatable bonds is 7. The van der Waals surface area contributed by atoms with Crippen LogP contribution in [0.15, 0.2) is 40.9 Å². The summed E-state index contributed by atoms with van der Waals surface area (Å²) in [6.07, 6.45) is 0. The van der Waals surface area contributed by atoms with Gasteiger partial charge in [0.2, 0.25) is 0 Å². The van der Waals surface area contributed by atoms with Crippen LogP contribution in [-0.2, 0) is 13.2 Å². The van der Waals surface area contributed by atoms with E-state index in [9.17, 15) is 0 Å². The molecule has 0 saturated carbocycles. The van der Waals surface area contributed by atoms with E-state index in [0.717, 1.165) is 34.4 Å². The van der Waals surface area contributed by atoms with Crippen LogP contribution in [0.4, 0.5) is 0 Å². The highest BCUT2D eigenvalue weighted by atomic mass is 79.9. The van der Waals surface area contributed by atoms with Gasteiger partial charge in [-0.3, -0.25) is 0 Å². The van der Waals surface area contributed by atoms with Crippen molar-refractivity contribution in [3.63, 3.8) is 0 Å². The maximum absolute atomic E-state index is 6.19. The van der Waals surface area contributed by atoms with Crippen LogP contribution in [0.3, 0.4) is 0 Å². The van der Waals surface area contributed by atoms with Gasteiger partial charge in [0.1, 0.15) is 12.4 Å². The third kappa shape index (κ3) is 5.68. The normalized spacial score (nSPS) is 11.0. The lowest BCUT2D eigenvalue weighted by Crippen LogP contribution is -2.19. The zero-order valence-electron chi connectivity index (χ0n) is 13.2. The molecule has 0 saturated heterocycles. The Labute approximate surface area is 156 Å². The maximum Gasteiger partial charge on any atom is 0.124 e. The second-order valence-corrected chi connectivity index (χ2v) is 7.50. The lowest BCUT2D eigenvalue weighted by molar-refractivity contribution is 0.302. The topological polar surface area (TPSA) is 21.3 Å². The number of nitrogens with one attached hydrogen (secondary N) is 1. The van der Waals surface area contributed by atoms with Crippen LogP contribution < -0.4 is 10.1 Å². The highest BCUT2D eigenvalue weighted by Crippen LogP contribution is 2.28. The third-order valence-electron chi connectivity index (χ3n) is 3.32. The Morgan fingerprint density at radius 3 is 2.48 bits per heavy atom. The predicted octanol–water partition coefficient (Wildman–Crippen LogP) is 6.08. The predicted molar refractivity (Wildman–Crippen MR) is 101 cm³/mol. The first-order chi connectivity index (χ1) is 11.0. The molecule has 0 atom stereocenters. The summed E-state index contributed by atoms with van der Waals surface area (Å²) >= 11 is 15.9. The molecule has 0 bridgehead atoms. The van der Waals surface area contributed by atoms with Gasteiger partial charge in [0.15, 0.2) is 0 Å². The van der Waals surface area contributed by atoms with Gasteiger partial charge in [-0.25, -0.2) is 0 Å². The van der Waals surface area contributed by atoms with Gasteiger partial charge in [-0.15, -0.1) is 0 Å². The molecule has 1 N–H and O–H groups in total. The van der Waals surface area contributed by atoms with Gasteiger partial charge in [0, 0.05) is 32.2 Å². The van der Waals surface area contributed by atoms with Crippen molar-refractivity contribution in [2.75, 3.05) is 6.54 Å². The van der Waals surface area contributed by atoms with Gasteiger partial charge in [0.05, 0.1) is 0 Å². The monoisotopic (exact) mass is 415 g/mol. The van der Waals surface area contributed by atoms with Crippen LogP contribution in [0.2, 0.25) is 10.0 Å². The molecule has 0 aromatic heterocycles. The van der Waals surface area contributed by atoms with Crippen LogP contribution in [-0.4, -0.2) is 6.54 Å². The van der Waals surface area contributed by atoms with Crippen molar-refractivity contribution in [2.45, 2.75) is 27.0 Å². The summed E-state index contributed by atoms with van der Waals surface area (Å²) in [6, 6.07) is 11.5. The highest BCUT2D eigenvalue weighted by Gasteiger charge is 2.09. The second kappa shape index (κ2) is 8.93. The molecule has 2 aromatic carbocycles. The molecule has 0 unspecified atom stereocenters. The molecule has 0 fully saturated rings. The lowest BCUT2D eigenvalue weighted by atomic mass is 10.1. The molecule has 0 aliphatic rings. The Morgan fingerprint density at radius 2 is 1.83 bits per heavy atom. The first-order valence-electron chi connectivity index (χ1n) is 7.52. The average Bonchev–Trinajstić information content (AvgIpc) is 2.48. The molecule has 5 heteroatoms. The molecule has 2 nitrogen and oxygen atoms in total. The van der Waals surface area contributed by atoms with Gasteiger partial charge in [-0.05, 0) is 42.8 Å². The van der Waals surface area contributed by atoms with E-state index in [1.807, 2.05) is 30.3 Å². The summed E-state index contributed by atoms with van der Waals surface area (Å²) in [5.74, 6) is 1.44. The molecule has 0 heterocycles. The third-order valence-corrected chi connectivity index (χ3v) is 4.53. The molecule has 0 spiro atoms. The second-order valence-electron chi connectivity index (χ2n) is 5.77. The summed E-state index contributed by atoms with van der Waals surface area (Å²) in [5, 5.41) is 4.68. The molecule has 23 heavy (non-hydrogen) atoms. The van der Waals surface area contributed by atoms with E-state index in [-0.39, 0.29) is 0 Å². The van der Waals surface area contributed by atoms with E-state index in [0.29, 0.717) is 22.6 Å². The summed E-state index contributed by atoms with van der Waals surface area (Å²) in [5.41, 5.74) is 1.91.